The maximum Gasteiger partial charge on any atom is 0.155 e. The summed E-state index contributed by atoms with van der Waals surface area (Å²) in [5.41, 5.74) is 1.38. The molecule has 3 aromatic rings. The van der Waals surface area contributed by atoms with Crippen LogP contribution < -0.4 is 0 Å². The lowest BCUT2D eigenvalue weighted by atomic mass is 10.2. The largest absolute Gasteiger partial charge is 0.460 e. The highest BCUT2D eigenvalue weighted by Crippen LogP contribution is 2.24. The highest BCUT2D eigenvalue weighted by molar-refractivity contribution is 5.84. The fraction of sp³-hybridized carbons (Fsp3) is 0.0667. The lowest BCUT2D eigenvalue weighted by Gasteiger charge is -2.00. The number of aldehydes is 1. The minimum atomic E-state index is -0.360. The summed E-state index contributed by atoms with van der Waals surface area (Å²) in [4.78, 5) is 11.1. The smallest absolute Gasteiger partial charge is 0.155 e. The van der Waals surface area contributed by atoms with Crippen molar-refractivity contribution in [1.29, 1.82) is 0 Å². The first-order valence-electron chi connectivity index (χ1n) is 6.05. The molecule has 0 saturated carbocycles. The van der Waals surface area contributed by atoms with Gasteiger partial charge in [0.1, 0.15) is 17.3 Å². The molecule has 3 rings (SSSR count). The average molecular weight is 270 g/mol. The van der Waals surface area contributed by atoms with Gasteiger partial charge >= 0.3 is 0 Å². The molecule has 0 spiro atoms. The molecule has 20 heavy (non-hydrogen) atoms. The van der Waals surface area contributed by atoms with Crippen molar-refractivity contribution in [3.63, 3.8) is 0 Å². The summed E-state index contributed by atoms with van der Waals surface area (Å²) in [5, 5.41) is 4.30. The second kappa shape index (κ2) is 4.77. The Labute approximate surface area is 114 Å². The third-order valence-corrected chi connectivity index (χ3v) is 2.92. The number of hydrogen-bond acceptors (Lipinski definition) is 3. The van der Waals surface area contributed by atoms with Crippen LogP contribution in [-0.4, -0.2) is 16.1 Å². The van der Waals surface area contributed by atoms with Crippen molar-refractivity contribution < 1.29 is 13.6 Å². The van der Waals surface area contributed by atoms with Gasteiger partial charge in [-0.2, -0.15) is 5.10 Å². The number of nitrogens with zero attached hydrogens (tertiary/aromatic N) is 2. The number of rotatable bonds is 3. The zero-order valence-electron chi connectivity index (χ0n) is 10.7. The molecule has 0 atom stereocenters. The third-order valence-electron chi connectivity index (χ3n) is 2.92. The van der Waals surface area contributed by atoms with Crippen molar-refractivity contribution in [3.8, 4) is 17.1 Å². The minimum Gasteiger partial charge on any atom is -0.460 e. The second-order valence-electron chi connectivity index (χ2n) is 4.39. The van der Waals surface area contributed by atoms with Gasteiger partial charge in [-0.15, -0.1) is 0 Å². The number of carbonyl (C=O) groups excluding carboxylic acids is 1. The fourth-order valence-corrected chi connectivity index (χ4v) is 1.98. The molecule has 0 N–H and O–H groups in total. The highest BCUT2D eigenvalue weighted by atomic mass is 19.1. The summed E-state index contributed by atoms with van der Waals surface area (Å²) in [6.45, 7) is 1.81. The van der Waals surface area contributed by atoms with Crippen LogP contribution in [0.3, 0.4) is 0 Å². The fourth-order valence-electron chi connectivity index (χ4n) is 1.98. The summed E-state index contributed by atoms with van der Waals surface area (Å²) in [6.07, 6.45) is 2.25. The van der Waals surface area contributed by atoms with E-state index in [4.69, 9.17) is 4.42 Å². The van der Waals surface area contributed by atoms with Crippen molar-refractivity contribution in [3.05, 3.63) is 59.7 Å². The molecule has 0 aliphatic heterocycles. The summed E-state index contributed by atoms with van der Waals surface area (Å²) < 4.78 is 20.2. The SMILES string of the molecule is Cc1ccc(-c2nn(-c3cccc(F)c3)cc2C=O)o1. The van der Waals surface area contributed by atoms with Crippen LogP contribution in [0.5, 0.6) is 0 Å². The van der Waals surface area contributed by atoms with E-state index in [1.165, 1.54) is 16.8 Å². The number of halogens is 1. The topological polar surface area (TPSA) is 48.0 Å². The maximum atomic E-state index is 13.2. The molecule has 1 aromatic carbocycles. The number of carbonyl (C=O) groups is 1. The number of hydrogen-bond donors (Lipinski definition) is 0. The molecule has 0 bridgehead atoms. The summed E-state index contributed by atoms with van der Waals surface area (Å²) in [7, 11) is 0. The molecular formula is C15H11FN2O2. The second-order valence-corrected chi connectivity index (χ2v) is 4.39. The van der Waals surface area contributed by atoms with E-state index in [0.717, 1.165) is 5.76 Å². The molecule has 0 fully saturated rings. The zero-order valence-corrected chi connectivity index (χ0v) is 10.7. The van der Waals surface area contributed by atoms with Crippen molar-refractivity contribution in [2.45, 2.75) is 6.92 Å². The summed E-state index contributed by atoms with van der Waals surface area (Å²) in [5.74, 6) is 0.887. The quantitative estimate of drug-likeness (QED) is 0.685. The van der Waals surface area contributed by atoms with Crippen molar-refractivity contribution in [1.82, 2.24) is 9.78 Å². The maximum absolute atomic E-state index is 13.2. The van der Waals surface area contributed by atoms with Crippen LogP contribution in [0.2, 0.25) is 0 Å². The van der Waals surface area contributed by atoms with Gasteiger partial charge in [-0.1, -0.05) is 6.07 Å². The molecular weight excluding hydrogens is 259 g/mol. The van der Waals surface area contributed by atoms with Gasteiger partial charge < -0.3 is 4.42 Å². The van der Waals surface area contributed by atoms with E-state index in [2.05, 4.69) is 5.10 Å². The lowest BCUT2D eigenvalue weighted by Crippen LogP contribution is -1.95. The van der Waals surface area contributed by atoms with E-state index < -0.39 is 0 Å². The minimum absolute atomic E-state index is 0.360. The van der Waals surface area contributed by atoms with Crippen LogP contribution in [0.1, 0.15) is 16.1 Å². The van der Waals surface area contributed by atoms with Crippen molar-refractivity contribution in [2.75, 3.05) is 0 Å². The van der Waals surface area contributed by atoms with Crippen LogP contribution >= 0.6 is 0 Å². The van der Waals surface area contributed by atoms with Crippen LogP contribution in [-0.2, 0) is 0 Å². The number of furan rings is 1. The number of benzene rings is 1. The van der Waals surface area contributed by atoms with Crippen LogP contribution in [0.4, 0.5) is 4.39 Å². The van der Waals surface area contributed by atoms with E-state index in [-0.39, 0.29) is 5.82 Å². The van der Waals surface area contributed by atoms with Gasteiger partial charge in [0, 0.05) is 6.20 Å². The molecule has 4 nitrogen and oxygen atoms in total. The molecule has 0 aliphatic rings. The van der Waals surface area contributed by atoms with E-state index >= 15 is 0 Å². The molecule has 0 saturated heterocycles. The van der Waals surface area contributed by atoms with Crippen molar-refractivity contribution >= 4 is 6.29 Å². The Kier molecular flexibility index (Phi) is 2.95. The Hall–Kier alpha value is -2.69. The Morgan fingerprint density at radius 2 is 2.15 bits per heavy atom. The van der Waals surface area contributed by atoms with Gasteiger partial charge in [0.15, 0.2) is 12.0 Å². The predicted molar refractivity (Wildman–Crippen MR) is 71.3 cm³/mol. The normalized spacial score (nSPS) is 10.7. The number of aromatic nitrogens is 2. The first-order chi connectivity index (χ1) is 9.67. The van der Waals surface area contributed by atoms with Crippen LogP contribution in [0, 0.1) is 12.7 Å². The monoisotopic (exact) mass is 270 g/mol. The highest BCUT2D eigenvalue weighted by Gasteiger charge is 2.14. The molecule has 0 aliphatic carbocycles. The molecule has 0 unspecified atom stereocenters. The summed E-state index contributed by atoms with van der Waals surface area (Å²) >= 11 is 0. The standard InChI is InChI=1S/C15H11FN2O2/c1-10-5-6-14(20-10)15-11(9-19)8-18(17-15)13-4-2-3-12(16)7-13/h2-9H,1H3. The molecule has 0 amide bonds. The predicted octanol–water partition coefficient (Wildman–Crippen LogP) is 3.39. The molecule has 2 heterocycles. The van der Waals surface area contributed by atoms with E-state index in [9.17, 15) is 9.18 Å². The summed E-state index contributed by atoms with van der Waals surface area (Å²) in [6, 6.07) is 9.54. The first-order valence-corrected chi connectivity index (χ1v) is 6.05. The average Bonchev–Trinajstić information content (AvgIpc) is 3.04. The van der Waals surface area contributed by atoms with Gasteiger partial charge in [0.05, 0.1) is 11.3 Å². The lowest BCUT2D eigenvalue weighted by molar-refractivity contribution is 0.112. The van der Waals surface area contributed by atoms with Crippen molar-refractivity contribution in [2.24, 2.45) is 0 Å². The van der Waals surface area contributed by atoms with Crippen LogP contribution in [0.25, 0.3) is 17.1 Å². The first kappa shape index (κ1) is 12.3. The zero-order chi connectivity index (χ0) is 14.1. The molecule has 100 valence electrons. The Balaban J connectivity index is 2.11. The molecule has 2 aromatic heterocycles. The Morgan fingerprint density at radius 3 is 2.80 bits per heavy atom. The third kappa shape index (κ3) is 2.14. The van der Waals surface area contributed by atoms with Crippen LogP contribution in [0.15, 0.2) is 47.0 Å². The van der Waals surface area contributed by atoms with E-state index in [1.807, 2.05) is 6.92 Å². The van der Waals surface area contributed by atoms with Gasteiger partial charge in [-0.25, -0.2) is 9.07 Å². The van der Waals surface area contributed by atoms with Gasteiger partial charge in [0.2, 0.25) is 0 Å². The van der Waals surface area contributed by atoms with Gasteiger partial charge in [0.25, 0.3) is 0 Å². The Morgan fingerprint density at radius 1 is 1.30 bits per heavy atom. The molecule has 0 radical (unpaired) electrons. The van der Waals surface area contributed by atoms with Gasteiger partial charge in [-0.3, -0.25) is 4.79 Å². The molecule has 5 heteroatoms. The Bertz CT molecular complexity index is 774. The van der Waals surface area contributed by atoms with E-state index in [0.29, 0.717) is 29.0 Å². The number of aryl methyl sites for hydroxylation is 1. The van der Waals surface area contributed by atoms with E-state index in [1.54, 1.807) is 30.5 Å². The van der Waals surface area contributed by atoms with Gasteiger partial charge in [-0.05, 0) is 37.3 Å².